The highest BCUT2D eigenvalue weighted by molar-refractivity contribution is 7.88. The van der Waals surface area contributed by atoms with Gasteiger partial charge in [-0.15, -0.1) is 0 Å². The van der Waals surface area contributed by atoms with Gasteiger partial charge < -0.3 is 9.52 Å². The third-order valence-corrected chi connectivity index (χ3v) is 5.90. The first-order chi connectivity index (χ1) is 10.4. The Morgan fingerprint density at radius 2 is 1.91 bits per heavy atom. The number of hydrogen-bond donors (Lipinski definition) is 1. The predicted octanol–water partition coefficient (Wildman–Crippen LogP) is 1.66. The second kappa shape index (κ2) is 7.59. The topological polar surface area (TPSA) is 74.0 Å². The third kappa shape index (κ3) is 4.10. The molecule has 0 aliphatic heterocycles. The molecule has 0 radical (unpaired) electrons. The number of hydrogen-bond acceptors (Lipinski definition) is 5. The smallest absolute Gasteiger partial charge is 0.275 e. The van der Waals surface area contributed by atoms with Gasteiger partial charge in [0.25, 0.3) is 10.0 Å². The summed E-state index contributed by atoms with van der Waals surface area (Å²) in [6.07, 6.45) is 5.96. The molecule has 1 aliphatic carbocycles. The number of aliphatic hydroxyl groups is 1. The SMILES string of the molecule is CN(C)S(=O)(=O)c1ccc(CN(CCO)C2CCCCC2)o1. The van der Waals surface area contributed by atoms with E-state index in [1.807, 2.05) is 0 Å². The summed E-state index contributed by atoms with van der Waals surface area (Å²) >= 11 is 0. The predicted molar refractivity (Wildman–Crippen MR) is 83.9 cm³/mol. The fourth-order valence-electron chi connectivity index (χ4n) is 2.93. The molecule has 0 unspecified atom stereocenters. The third-order valence-electron chi connectivity index (χ3n) is 4.21. The minimum absolute atomic E-state index is 0.0277. The average molecular weight is 330 g/mol. The van der Waals surface area contributed by atoms with Gasteiger partial charge in [0.15, 0.2) is 0 Å². The van der Waals surface area contributed by atoms with Gasteiger partial charge in [0, 0.05) is 26.7 Å². The van der Waals surface area contributed by atoms with E-state index in [0.717, 1.165) is 17.1 Å². The molecule has 1 heterocycles. The number of nitrogens with zero attached hydrogens (tertiary/aromatic N) is 2. The Labute approximate surface area is 132 Å². The standard InChI is InChI=1S/C15H26N2O4S/c1-16(2)22(19,20)15-9-8-14(21-15)12-17(10-11-18)13-6-4-3-5-7-13/h8-9,13,18H,3-7,10-12H2,1-2H3. The Morgan fingerprint density at radius 3 is 2.50 bits per heavy atom. The first-order valence-corrected chi connectivity index (χ1v) is 9.25. The first kappa shape index (κ1) is 17.5. The van der Waals surface area contributed by atoms with E-state index in [1.165, 1.54) is 39.4 Å². The molecule has 126 valence electrons. The van der Waals surface area contributed by atoms with Gasteiger partial charge in [0.1, 0.15) is 5.76 Å². The molecule has 7 heteroatoms. The van der Waals surface area contributed by atoms with Crippen LogP contribution in [0.1, 0.15) is 37.9 Å². The highest BCUT2D eigenvalue weighted by Crippen LogP contribution is 2.25. The van der Waals surface area contributed by atoms with Crippen molar-refractivity contribution >= 4 is 10.0 Å². The van der Waals surface area contributed by atoms with Crippen molar-refractivity contribution in [2.24, 2.45) is 0 Å². The molecular weight excluding hydrogens is 304 g/mol. The van der Waals surface area contributed by atoms with Crippen LogP contribution in [0.2, 0.25) is 0 Å². The van der Waals surface area contributed by atoms with Crippen LogP contribution in [-0.2, 0) is 16.6 Å². The summed E-state index contributed by atoms with van der Waals surface area (Å²) in [7, 11) is -0.563. The van der Waals surface area contributed by atoms with Gasteiger partial charge in [-0.05, 0) is 25.0 Å². The van der Waals surface area contributed by atoms with E-state index in [2.05, 4.69) is 4.90 Å². The van der Waals surface area contributed by atoms with Crippen molar-refractivity contribution in [3.05, 3.63) is 17.9 Å². The van der Waals surface area contributed by atoms with Crippen LogP contribution >= 0.6 is 0 Å². The molecule has 6 nitrogen and oxygen atoms in total. The molecular formula is C15H26N2O4S. The molecule has 0 atom stereocenters. The molecule has 1 aliphatic rings. The molecule has 1 fully saturated rings. The normalized spacial score (nSPS) is 17.5. The van der Waals surface area contributed by atoms with Crippen molar-refractivity contribution in [3.8, 4) is 0 Å². The Balaban J connectivity index is 2.09. The fourth-order valence-corrected chi connectivity index (χ4v) is 3.74. The Hall–Kier alpha value is -0.890. The second-order valence-electron chi connectivity index (χ2n) is 5.99. The monoisotopic (exact) mass is 330 g/mol. The second-order valence-corrected chi connectivity index (χ2v) is 8.08. The lowest BCUT2D eigenvalue weighted by Crippen LogP contribution is -2.38. The molecule has 1 saturated carbocycles. The quantitative estimate of drug-likeness (QED) is 0.823. The van der Waals surface area contributed by atoms with Crippen molar-refractivity contribution in [1.29, 1.82) is 0 Å². The van der Waals surface area contributed by atoms with Crippen molar-refractivity contribution in [2.45, 2.75) is 49.8 Å². The van der Waals surface area contributed by atoms with Crippen molar-refractivity contribution in [3.63, 3.8) is 0 Å². The van der Waals surface area contributed by atoms with Gasteiger partial charge in [0.05, 0.1) is 13.2 Å². The minimum atomic E-state index is -3.53. The van der Waals surface area contributed by atoms with Crippen LogP contribution in [0.25, 0.3) is 0 Å². The van der Waals surface area contributed by atoms with E-state index >= 15 is 0 Å². The summed E-state index contributed by atoms with van der Waals surface area (Å²) in [6.45, 7) is 1.22. The summed E-state index contributed by atoms with van der Waals surface area (Å²) in [6, 6.07) is 3.66. The molecule has 1 aromatic rings. The summed E-state index contributed by atoms with van der Waals surface area (Å²) in [4.78, 5) is 2.20. The maximum atomic E-state index is 12.0. The molecule has 22 heavy (non-hydrogen) atoms. The summed E-state index contributed by atoms with van der Waals surface area (Å²) in [5.74, 6) is 0.624. The van der Waals surface area contributed by atoms with E-state index in [1.54, 1.807) is 6.07 Å². The lowest BCUT2D eigenvalue weighted by Gasteiger charge is -2.33. The van der Waals surface area contributed by atoms with E-state index in [4.69, 9.17) is 4.42 Å². The average Bonchev–Trinajstić information content (AvgIpc) is 2.97. The highest BCUT2D eigenvalue weighted by atomic mass is 32.2. The summed E-state index contributed by atoms with van der Waals surface area (Å²) in [5.41, 5.74) is 0. The molecule has 0 bridgehead atoms. The fraction of sp³-hybridized carbons (Fsp3) is 0.733. The van der Waals surface area contributed by atoms with Gasteiger partial charge in [-0.1, -0.05) is 19.3 Å². The lowest BCUT2D eigenvalue weighted by atomic mass is 9.94. The number of sulfonamides is 1. The van der Waals surface area contributed by atoms with E-state index in [0.29, 0.717) is 24.9 Å². The van der Waals surface area contributed by atoms with Crippen molar-refractivity contribution < 1.29 is 17.9 Å². The molecule has 1 N–H and O–H groups in total. The van der Waals surface area contributed by atoms with Gasteiger partial charge in [-0.2, -0.15) is 0 Å². The molecule has 1 aromatic heterocycles. The van der Waals surface area contributed by atoms with Crippen molar-refractivity contribution in [1.82, 2.24) is 9.21 Å². The maximum Gasteiger partial charge on any atom is 0.275 e. The largest absolute Gasteiger partial charge is 0.447 e. The van der Waals surface area contributed by atoms with Crippen LogP contribution in [0, 0.1) is 0 Å². The van der Waals surface area contributed by atoms with Gasteiger partial charge in [-0.25, -0.2) is 12.7 Å². The van der Waals surface area contributed by atoms with Gasteiger partial charge in [-0.3, -0.25) is 4.90 Å². The van der Waals surface area contributed by atoms with E-state index < -0.39 is 10.0 Å². The van der Waals surface area contributed by atoms with Crippen LogP contribution in [0.5, 0.6) is 0 Å². The lowest BCUT2D eigenvalue weighted by molar-refractivity contribution is 0.108. The number of aliphatic hydroxyl groups excluding tert-OH is 1. The highest BCUT2D eigenvalue weighted by Gasteiger charge is 2.24. The molecule has 0 spiro atoms. The maximum absolute atomic E-state index is 12.0. The van der Waals surface area contributed by atoms with Gasteiger partial charge in [0.2, 0.25) is 5.09 Å². The Kier molecular flexibility index (Phi) is 6.02. The van der Waals surface area contributed by atoms with Crippen LogP contribution in [0.3, 0.4) is 0 Å². The van der Waals surface area contributed by atoms with E-state index in [9.17, 15) is 13.5 Å². The van der Waals surface area contributed by atoms with Gasteiger partial charge >= 0.3 is 0 Å². The number of furan rings is 1. The summed E-state index contributed by atoms with van der Waals surface area (Å²) in [5, 5.41) is 9.25. The molecule has 2 rings (SSSR count). The Morgan fingerprint density at radius 1 is 1.23 bits per heavy atom. The zero-order chi connectivity index (χ0) is 16.2. The van der Waals surface area contributed by atoms with Crippen molar-refractivity contribution in [2.75, 3.05) is 27.2 Å². The van der Waals surface area contributed by atoms with Crippen LogP contribution < -0.4 is 0 Å². The van der Waals surface area contributed by atoms with Crippen LogP contribution in [0.4, 0.5) is 0 Å². The first-order valence-electron chi connectivity index (χ1n) is 7.81. The summed E-state index contributed by atoms with van der Waals surface area (Å²) < 4.78 is 30.7. The van der Waals surface area contributed by atoms with E-state index in [-0.39, 0.29) is 11.7 Å². The zero-order valence-corrected chi connectivity index (χ0v) is 14.2. The molecule has 0 saturated heterocycles. The Bertz CT molecular complexity index is 562. The molecule has 0 aromatic carbocycles. The van der Waals surface area contributed by atoms with Crippen LogP contribution in [0.15, 0.2) is 21.6 Å². The number of rotatable bonds is 7. The zero-order valence-electron chi connectivity index (χ0n) is 13.4. The molecule has 0 amide bonds. The van der Waals surface area contributed by atoms with Crippen LogP contribution in [-0.4, -0.2) is 56.0 Å². The minimum Gasteiger partial charge on any atom is -0.447 e.